The highest BCUT2D eigenvalue weighted by atomic mass is 16.4. The maximum Gasteiger partial charge on any atom is 0.414 e. The van der Waals surface area contributed by atoms with Crippen LogP contribution < -0.4 is 0 Å². The molecule has 0 spiro atoms. The average Bonchev–Trinajstić information content (AvgIpc) is 2.99. The van der Waals surface area contributed by atoms with Gasteiger partial charge in [0, 0.05) is 45.2 Å². The van der Waals surface area contributed by atoms with Gasteiger partial charge in [-0.2, -0.15) is 0 Å². The Labute approximate surface area is 235 Å². The van der Waals surface area contributed by atoms with E-state index in [1.807, 2.05) is 0 Å². The number of carbonyl (C=O) groups excluding carboxylic acids is 1. The van der Waals surface area contributed by atoms with Crippen LogP contribution in [0.3, 0.4) is 0 Å². The molecule has 0 unspecified atom stereocenters. The lowest BCUT2D eigenvalue weighted by atomic mass is 9.94. The number of amides is 1. The molecule has 0 atom stereocenters. The van der Waals surface area contributed by atoms with Crippen molar-refractivity contribution in [3.05, 3.63) is 96.1 Å². The first-order valence-corrected chi connectivity index (χ1v) is 13.8. The molecular formula is C32H37N3O5. The molecule has 8 nitrogen and oxygen atoms in total. The number of carboxylic acid groups (broad SMARTS) is 2. The molecule has 8 heteroatoms. The van der Waals surface area contributed by atoms with Crippen molar-refractivity contribution in [3.8, 4) is 11.1 Å². The van der Waals surface area contributed by atoms with E-state index in [4.69, 9.17) is 19.8 Å². The zero-order chi connectivity index (χ0) is 28.3. The Morgan fingerprint density at radius 3 is 1.55 bits per heavy atom. The first kappa shape index (κ1) is 29.0. The van der Waals surface area contributed by atoms with Gasteiger partial charge in [-0.25, -0.2) is 9.59 Å². The minimum Gasteiger partial charge on any atom is -0.473 e. The van der Waals surface area contributed by atoms with E-state index in [9.17, 15) is 4.79 Å². The van der Waals surface area contributed by atoms with Gasteiger partial charge in [0.2, 0.25) is 5.91 Å². The number of carbonyl (C=O) groups is 3. The predicted octanol–water partition coefficient (Wildman–Crippen LogP) is 4.07. The Morgan fingerprint density at radius 1 is 0.575 bits per heavy atom. The van der Waals surface area contributed by atoms with Crippen molar-refractivity contribution in [1.82, 2.24) is 14.7 Å². The number of hydrogen-bond acceptors (Lipinski definition) is 5. The second-order valence-electron chi connectivity index (χ2n) is 10.3. The molecule has 2 saturated heterocycles. The largest absolute Gasteiger partial charge is 0.473 e. The second-order valence-corrected chi connectivity index (χ2v) is 10.3. The van der Waals surface area contributed by atoms with Crippen LogP contribution >= 0.6 is 0 Å². The second kappa shape index (κ2) is 14.4. The number of nitrogens with zero attached hydrogens (tertiary/aromatic N) is 3. The van der Waals surface area contributed by atoms with Crippen molar-refractivity contribution in [2.45, 2.75) is 25.9 Å². The summed E-state index contributed by atoms with van der Waals surface area (Å²) >= 11 is 0. The molecular weight excluding hydrogens is 506 g/mol. The monoisotopic (exact) mass is 543 g/mol. The summed E-state index contributed by atoms with van der Waals surface area (Å²) in [7, 11) is 0. The summed E-state index contributed by atoms with van der Waals surface area (Å²) in [6, 6.07) is 30.1. The molecule has 2 fully saturated rings. The third-order valence-corrected chi connectivity index (χ3v) is 7.52. The third kappa shape index (κ3) is 8.49. The number of rotatable bonds is 6. The molecule has 2 aliphatic rings. The van der Waals surface area contributed by atoms with Crippen LogP contribution in [0.25, 0.3) is 11.1 Å². The van der Waals surface area contributed by atoms with Crippen LogP contribution in [-0.4, -0.2) is 82.0 Å². The van der Waals surface area contributed by atoms with Gasteiger partial charge < -0.3 is 15.1 Å². The van der Waals surface area contributed by atoms with Gasteiger partial charge in [0.05, 0.1) is 0 Å². The van der Waals surface area contributed by atoms with Crippen LogP contribution in [-0.2, 0) is 27.5 Å². The summed E-state index contributed by atoms with van der Waals surface area (Å²) in [6.07, 6.45) is 1.95. The zero-order valence-electron chi connectivity index (χ0n) is 22.7. The fourth-order valence-corrected chi connectivity index (χ4v) is 5.26. The van der Waals surface area contributed by atoms with E-state index >= 15 is 0 Å². The van der Waals surface area contributed by atoms with E-state index in [2.05, 4.69) is 99.6 Å². The molecule has 5 rings (SSSR count). The van der Waals surface area contributed by atoms with Crippen LogP contribution in [0.15, 0.2) is 84.9 Å². The number of benzene rings is 3. The first-order valence-electron chi connectivity index (χ1n) is 13.8. The first-order chi connectivity index (χ1) is 19.4. The maximum absolute atomic E-state index is 13.1. The van der Waals surface area contributed by atoms with E-state index in [1.54, 1.807) is 0 Å². The molecule has 3 aromatic rings. The van der Waals surface area contributed by atoms with Crippen LogP contribution in [0.1, 0.15) is 24.0 Å². The standard InChI is InChI=1S/C30H35N3O.C2H2O4/c34-30(33-21-19-32(20-22-33)23-25-7-3-1-4-8-25)29-15-17-31(18-16-29)24-26-11-13-28(14-12-26)27-9-5-2-6-10-27;3-1(4)2(5)6/h1-14,29H,15-24H2;(H,3,4)(H,5,6). The van der Waals surface area contributed by atoms with E-state index in [1.165, 1.54) is 22.3 Å². The number of hydrogen-bond donors (Lipinski definition) is 2. The Kier molecular flexibility index (Phi) is 10.4. The Balaban J connectivity index is 0.000000557. The Hall–Kier alpha value is -4.01. The fraction of sp³-hybridized carbons (Fsp3) is 0.344. The van der Waals surface area contributed by atoms with E-state index < -0.39 is 11.9 Å². The Bertz CT molecular complexity index is 1220. The average molecular weight is 544 g/mol. The van der Waals surface area contributed by atoms with Gasteiger partial charge in [0.15, 0.2) is 0 Å². The van der Waals surface area contributed by atoms with E-state index in [0.29, 0.717) is 5.91 Å². The molecule has 210 valence electrons. The van der Waals surface area contributed by atoms with Gasteiger partial charge in [-0.3, -0.25) is 14.6 Å². The van der Waals surface area contributed by atoms with Crippen molar-refractivity contribution >= 4 is 17.8 Å². The maximum atomic E-state index is 13.1. The summed E-state index contributed by atoms with van der Waals surface area (Å²) in [5, 5.41) is 14.8. The van der Waals surface area contributed by atoms with E-state index in [0.717, 1.165) is 65.2 Å². The minimum atomic E-state index is -1.82. The van der Waals surface area contributed by atoms with Gasteiger partial charge in [0.25, 0.3) is 0 Å². The molecule has 0 aromatic heterocycles. The molecule has 0 aliphatic carbocycles. The lowest BCUT2D eigenvalue weighted by Gasteiger charge is -2.38. The molecule has 2 N–H and O–H groups in total. The molecule has 2 heterocycles. The highest BCUT2D eigenvalue weighted by Crippen LogP contribution is 2.24. The minimum absolute atomic E-state index is 0.192. The van der Waals surface area contributed by atoms with Gasteiger partial charge in [-0.15, -0.1) is 0 Å². The normalized spacial score (nSPS) is 16.6. The highest BCUT2D eigenvalue weighted by molar-refractivity contribution is 6.27. The summed E-state index contributed by atoms with van der Waals surface area (Å²) in [6.45, 7) is 7.62. The van der Waals surface area contributed by atoms with Crippen LogP contribution in [0.2, 0.25) is 0 Å². The van der Waals surface area contributed by atoms with Crippen molar-refractivity contribution in [2.24, 2.45) is 5.92 Å². The number of aliphatic carboxylic acids is 2. The number of piperidine rings is 1. The topological polar surface area (TPSA) is 101 Å². The molecule has 0 radical (unpaired) electrons. The van der Waals surface area contributed by atoms with Gasteiger partial charge in [0.1, 0.15) is 0 Å². The zero-order valence-corrected chi connectivity index (χ0v) is 22.7. The molecule has 0 saturated carbocycles. The molecule has 1 amide bonds. The smallest absolute Gasteiger partial charge is 0.414 e. The molecule has 40 heavy (non-hydrogen) atoms. The van der Waals surface area contributed by atoms with Gasteiger partial charge in [-0.05, 0) is 48.2 Å². The van der Waals surface area contributed by atoms with Crippen molar-refractivity contribution < 1.29 is 24.6 Å². The summed E-state index contributed by atoms with van der Waals surface area (Å²) in [5.41, 5.74) is 5.22. The van der Waals surface area contributed by atoms with Crippen molar-refractivity contribution in [1.29, 1.82) is 0 Å². The van der Waals surface area contributed by atoms with Crippen LogP contribution in [0.4, 0.5) is 0 Å². The molecule has 3 aromatic carbocycles. The fourth-order valence-electron chi connectivity index (χ4n) is 5.26. The van der Waals surface area contributed by atoms with Crippen LogP contribution in [0.5, 0.6) is 0 Å². The van der Waals surface area contributed by atoms with E-state index in [-0.39, 0.29) is 5.92 Å². The summed E-state index contributed by atoms with van der Waals surface area (Å²) in [5.74, 6) is -3.08. The van der Waals surface area contributed by atoms with Gasteiger partial charge in [-0.1, -0.05) is 84.9 Å². The number of piperazine rings is 1. The van der Waals surface area contributed by atoms with Gasteiger partial charge >= 0.3 is 11.9 Å². The lowest BCUT2D eigenvalue weighted by molar-refractivity contribution is -0.159. The summed E-state index contributed by atoms with van der Waals surface area (Å²) < 4.78 is 0. The number of likely N-dealkylation sites (tertiary alicyclic amines) is 1. The lowest BCUT2D eigenvalue weighted by Crippen LogP contribution is -2.51. The number of carboxylic acids is 2. The predicted molar refractivity (Wildman–Crippen MR) is 153 cm³/mol. The van der Waals surface area contributed by atoms with Crippen molar-refractivity contribution in [3.63, 3.8) is 0 Å². The third-order valence-electron chi connectivity index (χ3n) is 7.52. The highest BCUT2D eigenvalue weighted by Gasteiger charge is 2.30. The summed E-state index contributed by atoms with van der Waals surface area (Å²) in [4.78, 5) is 38.4. The molecule has 0 bridgehead atoms. The molecule has 2 aliphatic heterocycles. The SMILES string of the molecule is O=C(C1CCN(Cc2ccc(-c3ccccc3)cc2)CC1)N1CCN(Cc2ccccc2)CC1.O=C(O)C(=O)O. The van der Waals surface area contributed by atoms with Crippen LogP contribution in [0, 0.1) is 5.92 Å². The quantitative estimate of drug-likeness (QED) is 0.452. The Morgan fingerprint density at radius 2 is 1.02 bits per heavy atom. The van der Waals surface area contributed by atoms with Crippen molar-refractivity contribution in [2.75, 3.05) is 39.3 Å².